The fourth-order valence-corrected chi connectivity index (χ4v) is 4.47. The van der Waals surface area contributed by atoms with Crippen molar-refractivity contribution >= 4 is 11.9 Å². The van der Waals surface area contributed by atoms with E-state index in [9.17, 15) is 9.59 Å². The van der Waals surface area contributed by atoms with E-state index >= 15 is 0 Å². The van der Waals surface area contributed by atoms with Gasteiger partial charge in [0.05, 0.1) is 36.5 Å². The highest BCUT2D eigenvalue weighted by molar-refractivity contribution is 6.03. The maximum atomic E-state index is 12.4. The minimum atomic E-state index is -0.444. The van der Waals surface area contributed by atoms with E-state index in [2.05, 4.69) is 13.8 Å². The van der Waals surface area contributed by atoms with Crippen LogP contribution in [-0.4, -0.2) is 37.4 Å². The third-order valence-corrected chi connectivity index (χ3v) is 6.74. The Bertz CT molecular complexity index is 657. The molecule has 2 unspecified atom stereocenters. The Balaban J connectivity index is 0.000000514. The standard InChI is InChI=1S/C24H38O4.C6H10O/c1-3-5-7-9-11-15-19-27-23(25)21-17-13-14-18-22(21)24(26)28-20-16-12-10-8-6-4-2;1-2-4-6-5(3-1)7-6/h13-14,17-18H,3-12,15-16,19-20H2,1-2H3;5-6H,1-4H2. The molecule has 0 radical (unpaired) electrons. The Labute approximate surface area is 213 Å². The highest BCUT2D eigenvalue weighted by Gasteiger charge is 2.39. The van der Waals surface area contributed by atoms with Crippen LogP contribution in [0.3, 0.4) is 0 Å². The first-order valence-electron chi connectivity index (χ1n) is 14.3. The number of esters is 2. The molecule has 0 bridgehead atoms. The average molecular weight is 489 g/mol. The SMILES string of the molecule is C1CCC2OC2C1.CCCCCCCCOC(=O)c1ccccc1C(=O)OCCCCCCCC. The predicted octanol–water partition coefficient (Wildman–Crippen LogP) is 8.05. The molecule has 0 amide bonds. The zero-order valence-electron chi connectivity index (χ0n) is 22.2. The van der Waals surface area contributed by atoms with E-state index < -0.39 is 11.9 Å². The van der Waals surface area contributed by atoms with E-state index in [4.69, 9.17) is 14.2 Å². The van der Waals surface area contributed by atoms with E-state index in [1.165, 1.54) is 77.0 Å². The second-order valence-corrected chi connectivity index (χ2v) is 9.85. The van der Waals surface area contributed by atoms with Gasteiger partial charge >= 0.3 is 11.9 Å². The van der Waals surface area contributed by atoms with Crippen LogP contribution < -0.4 is 0 Å². The predicted molar refractivity (Wildman–Crippen MR) is 141 cm³/mol. The highest BCUT2D eigenvalue weighted by Crippen LogP contribution is 2.35. The van der Waals surface area contributed by atoms with Gasteiger partial charge in [-0.15, -0.1) is 0 Å². The van der Waals surface area contributed by atoms with Crippen molar-refractivity contribution in [1.29, 1.82) is 0 Å². The van der Waals surface area contributed by atoms with Crippen LogP contribution in [0.4, 0.5) is 0 Å². The molecule has 0 N–H and O–H groups in total. The minimum Gasteiger partial charge on any atom is -0.462 e. The molecule has 1 aliphatic carbocycles. The number of hydrogen-bond acceptors (Lipinski definition) is 5. The van der Waals surface area contributed by atoms with Crippen molar-refractivity contribution in [3.05, 3.63) is 35.4 Å². The molecule has 1 saturated carbocycles. The van der Waals surface area contributed by atoms with E-state index in [0.29, 0.717) is 36.5 Å². The van der Waals surface area contributed by atoms with Gasteiger partial charge in [0.15, 0.2) is 0 Å². The monoisotopic (exact) mass is 488 g/mol. The summed E-state index contributed by atoms with van der Waals surface area (Å²) in [4.78, 5) is 24.7. The number of hydrogen-bond donors (Lipinski definition) is 0. The maximum Gasteiger partial charge on any atom is 0.339 e. The summed E-state index contributed by atoms with van der Waals surface area (Å²) in [5.74, 6) is -0.888. The second-order valence-electron chi connectivity index (χ2n) is 9.85. The number of rotatable bonds is 16. The fraction of sp³-hybridized carbons (Fsp3) is 0.733. The molecule has 198 valence electrons. The maximum absolute atomic E-state index is 12.4. The zero-order chi connectivity index (χ0) is 25.1. The summed E-state index contributed by atoms with van der Waals surface area (Å²) in [6.45, 7) is 5.17. The van der Waals surface area contributed by atoms with E-state index in [-0.39, 0.29) is 0 Å². The largest absolute Gasteiger partial charge is 0.462 e. The Morgan fingerprint density at radius 2 is 1.09 bits per heavy atom. The Morgan fingerprint density at radius 1 is 0.686 bits per heavy atom. The van der Waals surface area contributed by atoms with Gasteiger partial charge in [0.1, 0.15) is 0 Å². The molecule has 35 heavy (non-hydrogen) atoms. The first-order chi connectivity index (χ1) is 17.2. The van der Waals surface area contributed by atoms with Gasteiger partial charge in [-0.2, -0.15) is 0 Å². The second kappa shape index (κ2) is 18.4. The van der Waals surface area contributed by atoms with Crippen molar-refractivity contribution in [3.63, 3.8) is 0 Å². The molecule has 1 aromatic carbocycles. The van der Waals surface area contributed by atoms with Crippen molar-refractivity contribution in [2.45, 2.75) is 129 Å². The lowest BCUT2D eigenvalue weighted by Crippen LogP contribution is -2.15. The third-order valence-electron chi connectivity index (χ3n) is 6.74. The first kappa shape index (κ1) is 29.4. The Kier molecular flexibility index (Phi) is 15.4. The normalized spacial score (nSPS) is 18.1. The van der Waals surface area contributed by atoms with E-state index in [1.807, 2.05) is 0 Å². The van der Waals surface area contributed by atoms with Crippen molar-refractivity contribution in [2.24, 2.45) is 0 Å². The summed E-state index contributed by atoms with van der Waals surface area (Å²) in [5, 5.41) is 0. The van der Waals surface area contributed by atoms with Gasteiger partial charge in [-0.05, 0) is 37.8 Å². The topological polar surface area (TPSA) is 65.1 Å². The summed E-state index contributed by atoms with van der Waals surface area (Å²) in [7, 11) is 0. The lowest BCUT2D eigenvalue weighted by atomic mass is 10.0. The molecule has 1 saturated heterocycles. The average Bonchev–Trinajstić information content (AvgIpc) is 3.68. The van der Waals surface area contributed by atoms with Crippen LogP contribution in [0, 0.1) is 0 Å². The molecule has 1 heterocycles. The van der Waals surface area contributed by atoms with Gasteiger partial charge < -0.3 is 14.2 Å². The van der Waals surface area contributed by atoms with Crippen LogP contribution in [0.1, 0.15) is 137 Å². The summed E-state index contributed by atoms with van der Waals surface area (Å²) in [6, 6.07) is 6.74. The van der Waals surface area contributed by atoms with Gasteiger partial charge in [0.25, 0.3) is 0 Å². The van der Waals surface area contributed by atoms with Crippen molar-refractivity contribution < 1.29 is 23.8 Å². The van der Waals surface area contributed by atoms with E-state index in [0.717, 1.165) is 25.7 Å². The molecule has 2 fully saturated rings. The number of carbonyl (C=O) groups excluding carboxylic acids is 2. The molecule has 0 aromatic heterocycles. The summed E-state index contributed by atoms with van der Waals surface area (Å²) < 4.78 is 16.0. The molecule has 3 rings (SSSR count). The van der Waals surface area contributed by atoms with Crippen molar-refractivity contribution in [1.82, 2.24) is 0 Å². The Hall–Kier alpha value is -1.88. The quantitative estimate of drug-likeness (QED) is 0.134. The van der Waals surface area contributed by atoms with Crippen molar-refractivity contribution in [2.75, 3.05) is 13.2 Å². The number of epoxide rings is 1. The van der Waals surface area contributed by atoms with Gasteiger partial charge in [0, 0.05) is 0 Å². The summed E-state index contributed by atoms with van der Waals surface area (Å²) in [5.41, 5.74) is 0.586. The van der Waals surface area contributed by atoms with Crippen LogP contribution in [0.5, 0.6) is 0 Å². The van der Waals surface area contributed by atoms with Gasteiger partial charge in [-0.25, -0.2) is 9.59 Å². The van der Waals surface area contributed by atoms with Crippen LogP contribution in [-0.2, 0) is 14.2 Å². The van der Waals surface area contributed by atoms with Crippen LogP contribution >= 0.6 is 0 Å². The molecule has 5 heteroatoms. The molecular weight excluding hydrogens is 440 g/mol. The third kappa shape index (κ3) is 12.6. The lowest BCUT2D eigenvalue weighted by Gasteiger charge is -2.10. The van der Waals surface area contributed by atoms with Crippen LogP contribution in [0.25, 0.3) is 0 Å². The molecule has 1 aromatic rings. The summed E-state index contributed by atoms with van der Waals surface area (Å²) in [6.07, 6.45) is 20.5. The van der Waals surface area contributed by atoms with Gasteiger partial charge in [0.2, 0.25) is 0 Å². The van der Waals surface area contributed by atoms with Gasteiger partial charge in [-0.1, -0.05) is 103 Å². The molecular formula is C30H48O5. The fourth-order valence-electron chi connectivity index (χ4n) is 4.47. The number of ether oxygens (including phenoxy) is 3. The molecule has 0 spiro atoms. The van der Waals surface area contributed by atoms with E-state index in [1.54, 1.807) is 24.3 Å². The minimum absolute atomic E-state index is 0.293. The number of benzene rings is 1. The number of fused-ring (bicyclic) bond motifs is 1. The summed E-state index contributed by atoms with van der Waals surface area (Å²) >= 11 is 0. The molecule has 2 atom stereocenters. The van der Waals surface area contributed by atoms with Crippen LogP contribution in [0.15, 0.2) is 24.3 Å². The zero-order valence-corrected chi connectivity index (χ0v) is 22.2. The Morgan fingerprint density at radius 3 is 1.49 bits per heavy atom. The lowest BCUT2D eigenvalue weighted by molar-refractivity contribution is 0.0450. The number of unbranched alkanes of at least 4 members (excludes halogenated alkanes) is 10. The van der Waals surface area contributed by atoms with Crippen molar-refractivity contribution in [3.8, 4) is 0 Å². The molecule has 5 nitrogen and oxygen atoms in total. The smallest absolute Gasteiger partial charge is 0.339 e. The first-order valence-corrected chi connectivity index (χ1v) is 14.3. The highest BCUT2D eigenvalue weighted by atomic mass is 16.6. The number of carbonyl (C=O) groups is 2. The molecule has 2 aliphatic rings. The van der Waals surface area contributed by atoms with Crippen LogP contribution in [0.2, 0.25) is 0 Å². The molecule has 1 aliphatic heterocycles. The van der Waals surface area contributed by atoms with Gasteiger partial charge in [-0.3, -0.25) is 0 Å².